The highest BCUT2D eigenvalue weighted by atomic mass is 16.4. The molecule has 1 aliphatic carbocycles. The lowest BCUT2D eigenvalue weighted by Gasteiger charge is -2.39. The molecule has 118 valence electrons. The molecule has 6 heteroatoms. The van der Waals surface area contributed by atoms with Gasteiger partial charge in [0.1, 0.15) is 5.54 Å². The third kappa shape index (κ3) is 2.86. The summed E-state index contributed by atoms with van der Waals surface area (Å²) in [6, 6.07) is 0.259. The van der Waals surface area contributed by atoms with Gasteiger partial charge in [-0.05, 0) is 51.6 Å². The fourth-order valence-electron chi connectivity index (χ4n) is 3.71. The number of aliphatic carboxylic acids is 1. The Labute approximate surface area is 125 Å². The fraction of sp³-hybridized carbons (Fsp3) is 0.867. The third-order valence-corrected chi connectivity index (χ3v) is 5.32. The number of amides is 2. The number of carbonyl (C=O) groups is 2. The molecule has 2 aliphatic heterocycles. The van der Waals surface area contributed by atoms with Gasteiger partial charge in [-0.1, -0.05) is 6.42 Å². The minimum absolute atomic E-state index is 0.198. The van der Waals surface area contributed by atoms with Crippen LogP contribution in [0.5, 0.6) is 0 Å². The van der Waals surface area contributed by atoms with Crippen molar-refractivity contribution in [1.82, 2.24) is 15.1 Å². The second-order valence-electron chi connectivity index (χ2n) is 6.66. The van der Waals surface area contributed by atoms with Crippen molar-refractivity contribution in [2.45, 2.75) is 56.5 Å². The molecule has 1 unspecified atom stereocenters. The van der Waals surface area contributed by atoms with Crippen LogP contribution in [0.2, 0.25) is 0 Å². The summed E-state index contributed by atoms with van der Waals surface area (Å²) >= 11 is 0. The lowest BCUT2D eigenvalue weighted by Crippen LogP contribution is -2.61. The van der Waals surface area contributed by atoms with Crippen molar-refractivity contribution >= 4 is 12.0 Å². The highest BCUT2D eigenvalue weighted by Gasteiger charge is 2.47. The first-order valence-corrected chi connectivity index (χ1v) is 8.15. The Hall–Kier alpha value is -1.30. The van der Waals surface area contributed by atoms with E-state index in [2.05, 4.69) is 10.2 Å². The Morgan fingerprint density at radius 3 is 2.33 bits per heavy atom. The third-order valence-electron chi connectivity index (χ3n) is 5.32. The van der Waals surface area contributed by atoms with Crippen molar-refractivity contribution < 1.29 is 14.7 Å². The first-order valence-electron chi connectivity index (χ1n) is 8.15. The number of nitrogens with zero attached hydrogens (tertiary/aromatic N) is 2. The Bertz CT molecular complexity index is 416. The van der Waals surface area contributed by atoms with E-state index >= 15 is 0 Å². The molecule has 1 atom stereocenters. The maximum absolute atomic E-state index is 12.3. The zero-order valence-electron chi connectivity index (χ0n) is 12.5. The SMILES string of the molecule is O=C(NC1(C(=O)O)CCC1)N1CCC(N2CCCCC2)C1. The van der Waals surface area contributed by atoms with E-state index in [4.69, 9.17) is 0 Å². The van der Waals surface area contributed by atoms with Gasteiger partial charge >= 0.3 is 12.0 Å². The summed E-state index contributed by atoms with van der Waals surface area (Å²) in [7, 11) is 0. The average Bonchev–Trinajstić information content (AvgIpc) is 2.93. The summed E-state index contributed by atoms with van der Waals surface area (Å²) in [6.45, 7) is 3.75. The number of hydrogen-bond acceptors (Lipinski definition) is 3. The van der Waals surface area contributed by atoms with Gasteiger partial charge in [-0.15, -0.1) is 0 Å². The van der Waals surface area contributed by atoms with Crippen LogP contribution >= 0.6 is 0 Å². The predicted octanol–water partition coefficient (Wildman–Crippen LogP) is 1.26. The van der Waals surface area contributed by atoms with Gasteiger partial charge in [0.15, 0.2) is 0 Å². The number of carbonyl (C=O) groups excluding carboxylic acids is 1. The molecule has 2 amide bonds. The van der Waals surface area contributed by atoms with Crippen molar-refractivity contribution in [3.63, 3.8) is 0 Å². The normalized spacial score (nSPS) is 29.0. The fourth-order valence-corrected chi connectivity index (χ4v) is 3.71. The van der Waals surface area contributed by atoms with E-state index in [1.54, 1.807) is 4.90 Å². The molecule has 0 spiro atoms. The van der Waals surface area contributed by atoms with Gasteiger partial charge < -0.3 is 15.3 Å². The molecule has 0 aromatic heterocycles. The molecule has 0 aromatic rings. The largest absolute Gasteiger partial charge is 0.480 e. The summed E-state index contributed by atoms with van der Waals surface area (Å²) in [5, 5.41) is 12.1. The monoisotopic (exact) mass is 295 g/mol. The Morgan fingerprint density at radius 2 is 1.76 bits per heavy atom. The van der Waals surface area contributed by atoms with Crippen LogP contribution in [-0.2, 0) is 4.79 Å². The van der Waals surface area contributed by atoms with E-state index < -0.39 is 11.5 Å². The van der Waals surface area contributed by atoms with Gasteiger partial charge in [0, 0.05) is 19.1 Å². The molecule has 2 saturated heterocycles. The molecule has 1 saturated carbocycles. The zero-order valence-corrected chi connectivity index (χ0v) is 12.5. The second-order valence-corrected chi connectivity index (χ2v) is 6.66. The summed E-state index contributed by atoms with van der Waals surface area (Å²) in [4.78, 5) is 27.9. The van der Waals surface area contributed by atoms with Crippen molar-refractivity contribution in [3.05, 3.63) is 0 Å². The number of nitrogens with one attached hydrogen (secondary N) is 1. The quantitative estimate of drug-likeness (QED) is 0.822. The van der Waals surface area contributed by atoms with Gasteiger partial charge in [-0.25, -0.2) is 9.59 Å². The topological polar surface area (TPSA) is 72.9 Å². The number of rotatable bonds is 3. The molecule has 3 aliphatic rings. The predicted molar refractivity (Wildman–Crippen MR) is 78.2 cm³/mol. The highest BCUT2D eigenvalue weighted by molar-refractivity contribution is 5.87. The first-order chi connectivity index (χ1) is 10.1. The maximum Gasteiger partial charge on any atom is 0.329 e. The van der Waals surface area contributed by atoms with E-state index in [-0.39, 0.29) is 6.03 Å². The van der Waals surface area contributed by atoms with E-state index in [0.29, 0.717) is 18.9 Å². The van der Waals surface area contributed by atoms with Crippen LogP contribution in [-0.4, -0.2) is 64.7 Å². The van der Waals surface area contributed by atoms with E-state index in [9.17, 15) is 14.7 Å². The molecular formula is C15H25N3O3. The van der Waals surface area contributed by atoms with Gasteiger partial charge in [-0.2, -0.15) is 0 Å². The lowest BCUT2D eigenvalue weighted by atomic mass is 9.77. The van der Waals surface area contributed by atoms with Crippen LogP contribution < -0.4 is 5.32 Å². The number of carboxylic acid groups (broad SMARTS) is 1. The summed E-state index contributed by atoms with van der Waals surface area (Å²) in [5.74, 6) is -0.895. The molecule has 6 nitrogen and oxygen atoms in total. The van der Waals surface area contributed by atoms with E-state index in [1.807, 2.05) is 0 Å². The summed E-state index contributed by atoms with van der Waals surface area (Å²) < 4.78 is 0. The zero-order chi connectivity index (χ0) is 14.9. The summed E-state index contributed by atoms with van der Waals surface area (Å²) in [6.07, 6.45) is 6.82. The van der Waals surface area contributed by atoms with Crippen LogP contribution in [0.3, 0.4) is 0 Å². The Kier molecular flexibility index (Phi) is 4.06. The van der Waals surface area contributed by atoms with Crippen LogP contribution in [0.1, 0.15) is 44.9 Å². The molecule has 3 rings (SSSR count). The molecule has 0 radical (unpaired) electrons. The van der Waals surface area contributed by atoms with Gasteiger partial charge in [0.25, 0.3) is 0 Å². The van der Waals surface area contributed by atoms with Crippen LogP contribution in [0.15, 0.2) is 0 Å². The van der Waals surface area contributed by atoms with Gasteiger partial charge in [0.05, 0.1) is 0 Å². The van der Waals surface area contributed by atoms with Crippen molar-refractivity contribution in [2.75, 3.05) is 26.2 Å². The Morgan fingerprint density at radius 1 is 1.05 bits per heavy atom. The van der Waals surface area contributed by atoms with Crippen LogP contribution in [0, 0.1) is 0 Å². The number of likely N-dealkylation sites (tertiary alicyclic amines) is 2. The van der Waals surface area contributed by atoms with Crippen LogP contribution in [0.4, 0.5) is 4.79 Å². The molecular weight excluding hydrogens is 270 g/mol. The smallest absolute Gasteiger partial charge is 0.329 e. The van der Waals surface area contributed by atoms with Crippen molar-refractivity contribution in [1.29, 1.82) is 0 Å². The minimum atomic E-state index is -1.000. The second kappa shape index (κ2) is 5.83. The van der Waals surface area contributed by atoms with Crippen molar-refractivity contribution in [2.24, 2.45) is 0 Å². The number of hydrogen-bond donors (Lipinski definition) is 2. The molecule has 2 N–H and O–H groups in total. The van der Waals surface area contributed by atoms with E-state index in [1.165, 1.54) is 19.3 Å². The minimum Gasteiger partial charge on any atom is -0.480 e. The van der Waals surface area contributed by atoms with Gasteiger partial charge in [0.2, 0.25) is 0 Å². The summed E-state index contributed by atoms with van der Waals surface area (Å²) in [5.41, 5.74) is -1.000. The molecule has 0 bridgehead atoms. The van der Waals surface area contributed by atoms with Gasteiger partial charge in [-0.3, -0.25) is 4.90 Å². The molecule has 21 heavy (non-hydrogen) atoms. The number of urea groups is 1. The first kappa shape index (κ1) is 14.6. The average molecular weight is 295 g/mol. The van der Waals surface area contributed by atoms with E-state index in [0.717, 1.165) is 39.0 Å². The molecule has 0 aromatic carbocycles. The van der Waals surface area contributed by atoms with Crippen molar-refractivity contribution in [3.8, 4) is 0 Å². The molecule has 3 fully saturated rings. The standard InChI is InChI=1S/C15H25N3O3/c19-13(20)15(6-4-7-15)16-14(21)18-10-5-12(11-18)17-8-2-1-3-9-17/h12H,1-11H2,(H,16,21)(H,19,20). The molecule has 2 heterocycles. The maximum atomic E-state index is 12.3. The van der Waals surface area contributed by atoms with Crippen LogP contribution in [0.25, 0.3) is 0 Å². The lowest BCUT2D eigenvalue weighted by molar-refractivity contribution is -0.148. The number of piperidine rings is 1. The highest BCUT2D eigenvalue weighted by Crippen LogP contribution is 2.32. The Balaban J connectivity index is 1.53. The number of carboxylic acids is 1.